The third-order valence-electron chi connectivity index (χ3n) is 4.99. The van der Waals surface area contributed by atoms with Gasteiger partial charge in [0.25, 0.3) is 5.91 Å². The van der Waals surface area contributed by atoms with E-state index in [-0.39, 0.29) is 29.6 Å². The van der Waals surface area contributed by atoms with Gasteiger partial charge >= 0.3 is 0 Å². The second kappa shape index (κ2) is 7.00. The van der Waals surface area contributed by atoms with Gasteiger partial charge in [0.05, 0.1) is 17.5 Å². The first-order valence-corrected chi connectivity index (χ1v) is 8.97. The summed E-state index contributed by atoms with van der Waals surface area (Å²) in [5.74, 6) is -1.14. The maximum absolute atomic E-state index is 12.7. The van der Waals surface area contributed by atoms with Crippen molar-refractivity contribution in [2.45, 2.75) is 26.7 Å². The van der Waals surface area contributed by atoms with E-state index < -0.39 is 0 Å². The monoisotopic (exact) mass is 360 g/mol. The SMILES string of the molecule is CCN(CC)C(=O)c1ccc(N2C(=O)[C@H]3CC=C(Cl)C[C@H]3C2=O)cc1. The molecule has 5 nitrogen and oxygen atoms in total. The summed E-state index contributed by atoms with van der Waals surface area (Å²) in [5, 5.41) is 0.643. The summed E-state index contributed by atoms with van der Waals surface area (Å²) in [6, 6.07) is 6.67. The fourth-order valence-corrected chi connectivity index (χ4v) is 3.78. The van der Waals surface area contributed by atoms with Crippen LogP contribution in [0.3, 0.4) is 0 Å². The molecule has 0 unspecified atom stereocenters. The van der Waals surface area contributed by atoms with Crippen molar-refractivity contribution in [3.8, 4) is 0 Å². The van der Waals surface area contributed by atoms with Crippen LogP contribution in [0.15, 0.2) is 35.4 Å². The van der Waals surface area contributed by atoms with E-state index in [9.17, 15) is 14.4 Å². The molecule has 132 valence electrons. The van der Waals surface area contributed by atoms with Gasteiger partial charge in [0.2, 0.25) is 11.8 Å². The van der Waals surface area contributed by atoms with E-state index in [0.29, 0.717) is 42.2 Å². The van der Waals surface area contributed by atoms with Crippen LogP contribution in [0, 0.1) is 11.8 Å². The average molecular weight is 361 g/mol. The molecule has 6 heteroatoms. The van der Waals surface area contributed by atoms with E-state index in [0.717, 1.165) is 0 Å². The highest BCUT2D eigenvalue weighted by Gasteiger charge is 2.48. The number of fused-ring (bicyclic) bond motifs is 1. The Kier molecular flexibility index (Phi) is 4.95. The molecule has 1 aliphatic heterocycles. The van der Waals surface area contributed by atoms with E-state index in [1.807, 2.05) is 19.9 Å². The average Bonchev–Trinajstić information content (AvgIpc) is 2.86. The van der Waals surface area contributed by atoms with E-state index in [2.05, 4.69) is 0 Å². The van der Waals surface area contributed by atoms with Crippen LogP contribution in [0.4, 0.5) is 5.69 Å². The summed E-state index contributed by atoms with van der Waals surface area (Å²) in [7, 11) is 0. The van der Waals surface area contributed by atoms with Crippen LogP contribution in [0.1, 0.15) is 37.0 Å². The minimum Gasteiger partial charge on any atom is -0.339 e. The zero-order valence-corrected chi connectivity index (χ0v) is 15.1. The van der Waals surface area contributed by atoms with Crippen LogP contribution >= 0.6 is 11.6 Å². The summed E-state index contributed by atoms with van der Waals surface area (Å²) >= 11 is 6.04. The van der Waals surface area contributed by atoms with E-state index in [1.165, 1.54) is 4.90 Å². The molecule has 25 heavy (non-hydrogen) atoms. The predicted octanol–water partition coefficient (Wildman–Crippen LogP) is 3.19. The van der Waals surface area contributed by atoms with Crippen molar-refractivity contribution < 1.29 is 14.4 Å². The van der Waals surface area contributed by atoms with Crippen molar-refractivity contribution in [2.24, 2.45) is 11.8 Å². The molecule has 1 fully saturated rings. The van der Waals surface area contributed by atoms with Crippen molar-refractivity contribution in [2.75, 3.05) is 18.0 Å². The number of amides is 3. The van der Waals surface area contributed by atoms with Crippen LogP contribution in [0.2, 0.25) is 0 Å². The van der Waals surface area contributed by atoms with Crippen molar-refractivity contribution in [1.82, 2.24) is 4.90 Å². The van der Waals surface area contributed by atoms with E-state index in [4.69, 9.17) is 11.6 Å². The third kappa shape index (κ3) is 3.09. The molecule has 1 aromatic carbocycles. The maximum atomic E-state index is 12.7. The minimum absolute atomic E-state index is 0.0553. The zero-order valence-electron chi connectivity index (χ0n) is 14.4. The predicted molar refractivity (Wildman–Crippen MR) is 96.3 cm³/mol. The third-order valence-corrected chi connectivity index (χ3v) is 5.30. The summed E-state index contributed by atoms with van der Waals surface area (Å²) < 4.78 is 0. The fourth-order valence-electron chi connectivity index (χ4n) is 3.53. The summed E-state index contributed by atoms with van der Waals surface area (Å²) in [5.41, 5.74) is 1.06. The van der Waals surface area contributed by atoms with Gasteiger partial charge in [0.1, 0.15) is 0 Å². The Morgan fingerprint density at radius 1 is 1.12 bits per heavy atom. The number of hydrogen-bond donors (Lipinski definition) is 0. The molecule has 3 rings (SSSR count). The molecule has 3 amide bonds. The Bertz CT molecular complexity index is 738. The molecule has 1 heterocycles. The molecule has 0 spiro atoms. The Morgan fingerprint density at radius 3 is 2.32 bits per heavy atom. The molecular formula is C19H21ClN2O3. The lowest BCUT2D eigenvalue weighted by Gasteiger charge is -2.19. The fraction of sp³-hybridized carbons (Fsp3) is 0.421. The Hall–Kier alpha value is -2.14. The number of nitrogens with zero attached hydrogens (tertiary/aromatic N) is 2. The minimum atomic E-state index is -0.373. The first-order chi connectivity index (χ1) is 12.0. The number of rotatable bonds is 4. The van der Waals surface area contributed by atoms with E-state index >= 15 is 0 Å². The van der Waals surface area contributed by atoms with Gasteiger partial charge in [0, 0.05) is 23.7 Å². The Morgan fingerprint density at radius 2 is 1.72 bits per heavy atom. The zero-order chi connectivity index (χ0) is 18.1. The van der Waals surface area contributed by atoms with Gasteiger partial charge in [-0.15, -0.1) is 0 Å². The van der Waals surface area contributed by atoms with Gasteiger partial charge < -0.3 is 4.90 Å². The van der Waals surface area contributed by atoms with Gasteiger partial charge in [0.15, 0.2) is 0 Å². The molecule has 2 aliphatic rings. The molecule has 1 aromatic rings. The van der Waals surface area contributed by atoms with Crippen molar-refractivity contribution in [1.29, 1.82) is 0 Å². The number of allylic oxidation sites excluding steroid dienone is 2. The lowest BCUT2D eigenvalue weighted by Crippen LogP contribution is -2.32. The Balaban J connectivity index is 1.82. The molecule has 0 bridgehead atoms. The summed E-state index contributed by atoms with van der Waals surface area (Å²) in [6.07, 6.45) is 2.75. The van der Waals surface area contributed by atoms with Crippen LogP contribution in [-0.4, -0.2) is 35.7 Å². The van der Waals surface area contributed by atoms with E-state index in [1.54, 1.807) is 29.2 Å². The molecular weight excluding hydrogens is 340 g/mol. The largest absolute Gasteiger partial charge is 0.339 e. The number of carbonyl (C=O) groups excluding carboxylic acids is 3. The highest BCUT2D eigenvalue weighted by atomic mass is 35.5. The quantitative estimate of drug-likeness (QED) is 0.775. The van der Waals surface area contributed by atoms with Crippen LogP contribution < -0.4 is 4.90 Å². The maximum Gasteiger partial charge on any atom is 0.253 e. The number of hydrogen-bond acceptors (Lipinski definition) is 3. The standard InChI is InChI=1S/C19H21ClN2O3/c1-3-21(4-2)17(23)12-5-8-14(9-6-12)22-18(24)15-10-7-13(20)11-16(15)19(22)25/h5-9,15-16H,3-4,10-11H2,1-2H3/t15-,16+/m0/s1. The number of imide groups is 1. The smallest absolute Gasteiger partial charge is 0.253 e. The lowest BCUT2D eigenvalue weighted by molar-refractivity contribution is -0.122. The van der Waals surface area contributed by atoms with Gasteiger partial charge in [-0.05, 0) is 51.0 Å². The molecule has 0 saturated carbocycles. The summed E-state index contributed by atoms with van der Waals surface area (Å²) in [4.78, 5) is 40.6. The van der Waals surface area contributed by atoms with Crippen LogP contribution in [-0.2, 0) is 9.59 Å². The van der Waals surface area contributed by atoms with Crippen molar-refractivity contribution in [3.63, 3.8) is 0 Å². The van der Waals surface area contributed by atoms with Crippen LogP contribution in [0.5, 0.6) is 0 Å². The second-order valence-corrected chi connectivity index (χ2v) is 6.83. The highest BCUT2D eigenvalue weighted by molar-refractivity contribution is 6.30. The summed E-state index contributed by atoms with van der Waals surface area (Å²) in [6.45, 7) is 5.13. The normalized spacial score (nSPS) is 22.7. The molecule has 2 atom stereocenters. The van der Waals surface area contributed by atoms with Crippen LogP contribution in [0.25, 0.3) is 0 Å². The molecule has 0 radical (unpaired) electrons. The van der Waals surface area contributed by atoms with Gasteiger partial charge in [-0.3, -0.25) is 19.3 Å². The lowest BCUT2D eigenvalue weighted by atomic mass is 9.85. The highest BCUT2D eigenvalue weighted by Crippen LogP contribution is 2.40. The molecule has 1 aliphatic carbocycles. The molecule has 1 saturated heterocycles. The number of carbonyl (C=O) groups is 3. The first-order valence-electron chi connectivity index (χ1n) is 8.59. The number of benzene rings is 1. The number of halogens is 1. The van der Waals surface area contributed by atoms with Gasteiger partial charge in [-0.1, -0.05) is 17.7 Å². The molecule has 0 N–H and O–H groups in total. The Labute approximate surface area is 152 Å². The number of anilines is 1. The van der Waals surface area contributed by atoms with Crippen molar-refractivity contribution >= 4 is 35.0 Å². The first kappa shape index (κ1) is 17.7. The van der Waals surface area contributed by atoms with Gasteiger partial charge in [-0.25, -0.2) is 0 Å². The van der Waals surface area contributed by atoms with Crippen molar-refractivity contribution in [3.05, 3.63) is 40.9 Å². The van der Waals surface area contributed by atoms with Gasteiger partial charge in [-0.2, -0.15) is 0 Å². The molecule has 0 aromatic heterocycles. The topological polar surface area (TPSA) is 57.7 Å². The second-order valence-electron chi connectivity index (χ2n) is 6.34.